The number of hydrogen-bond donors (Lipinski definition) is 0. The van der Waals surface area contributed by atoms with Gasteiger partial charge in [0, 0.05) is 12.3 Å². The van der Waals surface area contributed by atoms with Gasteiger partial charge in [-0.3, -0.25) is 0 Å². The Morgan fingerprint density at radius 1 is 0.880 bits per heavy atom. The molecule has 25 heavy (non-hydrogen) atoms. The third-order valence-electron chi connectivity index (χ3n) is 4.23. The first-order valence-corrected chi connectivity index (χ1v) is 10.2. The largest absolute Gasteiger partial charge is 0.439 e. The first-order chi connectivity index (χ1) is 12.2. The summed E-state index contributed by atoms with van der Waals surface area (Å²) < 4.78 is 11.6. The minimum atomic E-state index is -0.416. The normalized spacial score (nSPS) is 11.1. The third kappa shape index (κ3) is 5.02. The molecule has 4 heteroatoms. The number of benzene rings is 2. The van der Waals surface area contributed by atoms with Crippen LogP contribution in [0.25, 0.3) is 0 Å². The molecule has 0 saturated carbocycles. The number of nitrogens with zero attached hydrogens (tertiary/aromatic N) is 1. The lowest BCUT2D eigenvalue weighted by Gasteiger charge is -2.09. The number of para-hydroxylation sites is 1. The summed E-state index contributed by atoms with van der Waals surface area (Å²) in [6.45, 7) is 4.88. The molecule has 0 atom stereocenters. The summed E-state index contributed by atoms with van der Waals surface area (Å²) in [5, 5.41) is 1.48. The SMILES string of the molecule is Cc1cccc([SiH2]COCc2cccc(Oc3ccccc3)n2)c1C. The van der Waals surface area contributed by atoms with Crippen LogP contribution >= 0.6 is 0 Å². The van der Waals surface area contributed by atoms with Crippen molar-refractivity contribution < 1.29 is 9.47 Å². The Morgan fingerprint density at radius 2 is 1.68 bits per heavy atom. The predicted molar refractivity (Wildman–Crippen MR) is 105 cm³/mol. The Morgan fingerprint density at radius 3 is 2.52 bits per heavy atom. The third-order valence-corrected chi connectivity index (χ3v) is 6.03. The molecule has 0 spiro atoms. The zero-order valence-electron chi connectivity index (χ0n) is 14.7. The molecule has 1 heterocycles. The van der Waals surface area contributed by atoms with Crippen LogP contribution < -0.4 is 9.92 Å². The highest BCUT2D eigenvalue weighted by Crippen LogP contribution is 2.18. The number of aromatic nitrogens is 1. The molecule has 2 aromatic carbocycles. The van der Waals surface area contributed by atoms with Gasteiger partial charge >= 0.3 is 0 Å². The number of aryl methyl sites for hydroxylation is 1. The fourth-order valence-electron chi connectivity index (χ4n) is 2.65. The topological polar surface area (TPSA) is 31.4 Å². The summed E-state index contributed by atoms with van der Waals surface area (Å²) in [5.41, 5.74) is 3.66. The molecule has 0 bridgehead atoms. The molecule has 3 rings (SSSR count). The summed E-state index contributed by atoms with van der Waals surface area (Å²) in [7, 11) is -0.416. The second-order valence-corrected chi connectivity index (χ2v) is 7.71. The van der Waals surface area contributed by atoms with Crippen molar-refractivity contribution in [3.8, 4) is 11.6 Å². The molecule has 0 aliphatic carbocycles. The van der Waals surface area contributed by atoms with Crippen LogP contribution in [-0.4, -0.2) is 20.7 Å². The predicted octanol–water partition coefficient (Wildman–Crippen LogP) is 3.46. The molecule has 3 nitrogen and oxygen atoms in total. The van der Waals surface area contributed by atoms with Crippen LogP contribution in [0.15, 0.2) is 66.7 Å². The number of ether oxygens (including phenoxy) is 2. The van der Waals surface area contributed by atoms with Crippen molar-refractivity contribution in [1.82, 2.24) is 4.98 Å². The van der Waals surface area contributed by atoms with Gasteiger partial charge in [0.05, 0.1) is 21.8 Å². The first-order valence-electron chi connectivity index (χ1n) is 8.54. The minimum Gasteiger partial charge on any atom is -0.439 e. The summed E-state index contributed by atoms with van der Waals surface area (Å²) in [5.74, 6) is 1.38. The van der Waals surface area contributed by atoms with Crippen molar-refractivity contribution in [3.05, 3.63) is 83.6 Å². The minimum absolute atomic E-state index is 0.416. The molecular formula is C21H23NO2Si. The van der Waals surface area contributed by atoms with E-state index >= 15 is 0 Å². The Hall–Kier alpha value is -2.43. The van der Waals surface area contributed by atoms with Gasteiger partial charge in [-0.2, -0.15) is 0 Å². The van der Waals surface area contributed by atoms with Crippen LogP contribution in [0.2, 0.25) is 0 Å². The molecule has 128 valence electrons. The van der Waals surface area contributed by atoms with Gasteiger partial charge in [0.15, 0.2) is 0 Å². The van der Waals surface area contributed by atoms with E-state index in [1.165, 1.54) is 16.3 Å². The average molecular weight is 350 g/mol. The van der Waals surface area contributed by atoms with Gasteiger partial charge in [0.25, 0.3) is 0 Å². The van der Waals surface area contributed by atoms with Crippen molar-refractivity contribution >= 4 is 14.7 Å². The van der Waals surface area contributed by atoms with E-state index < -0.39 is 9.52 Å². The second-order valence-electron chi connectivity index (χ2n) is 6.04. The maximum atomic E-state index is 5.87. The highest BCUT2D eigenvalue weighted by molar-refractivity contribution is 6.53. The summed E-state index contributed by atoms with van der Waals surface area (Å²) >= 11 is 0. The molecule has 0 aliphatic heterocycles. The molecule has 0 unspecified atom stereocenters. The van der Waals surface area contributed by atoms with Crippen LogP contribution in [0.5, 0.6) is 11.6 Å². The molecule has 1 aromatic heterocycles. The molecule has 0 radical (unpaired) electrons. The lowest BCUT2D eigenvalue weighted by Crippen LogP contribution is -2.23. The lowest BCUT2D eigenvalue weighted by atomic mass is 10.1. The van der Waals surface area contributed by atoms with Crippen LogP contribution in [0.3, 0.4) is 0 Å². The molecule has 0 amide bonds. The van der Waals surface area contributed by atoms with Gasteiger partial charge in [-0.25, -0.2) is 4.98 Å². The zero-order chi connectivity index (χ0) is 17.5. The first kappa shape index (κ1) is 17.4. The number of pyridine rings is 1. The molecule has 0 aliphatic rings. The lowest BCUT2D eigenvalue weighted by molar-refractivity contribution is 0.160. The summed E-state index contributed by atoms with van der Waals surface area (Å²) in [6.07, 6.45) is 0.815. The monoisotopic (exact) mass is 349 g/mol. The van der Waals surface area contributed by atoms with E-state index in [-0.39, 0.29) is 0 Å². The Balaban J connectivity index is 1.52. The summed E-state index contributed by atoms with van der Waals surface area (Å²) in [4.78, 5) is 4.51. The maximum absolute atomic E-state index is 5.87. The van der Waals surface area contributed by atoms with E-state index in [2.05, 4.69) is 37.0 Å². The van der Waals surface area contributed by atoms with Crippen molar-refractivity contribution in [3.63, 3.8) is 0 Å². The quantitative estimate of drug-likeness (QED) is 0.483. The molecular weight excluding hydrogens is 326 g/mol. The van der Waals surface area contributed by atoms with Gasteiger partial charge in [0.2, 0.25) is 5.88 Å². The highest BCUT2D eigenvalue weighted by Gasteiger charge is 2.03. The van der Waals surface area contributed by atoms with Gasteiger partial charge in [-0.05, 0) is 43.2 Å². The van der Waals surface area contributed by atoms with Crippen molar-refractivity contribution in [2.24, 2.45) is 0 Å². The smallest absolute Gasteiger partial charge is 0.219 e. The van der Waals surface area contributed by atoms with E-state index in [1.54, 1.807) is 0 Å². The van der Waals surface area contributed by atoms with Gasteiger partial charge < -0.3 is 9.47 Å². The van der Waals surface area contributed by atoms with E-state index in [0.29, 0.717) is 12.5 Å². The molecule has 0 N–H and O–H groups in total. The number of rotatable bonds is 7. The van der Waals surface area contributed by atoms with Crippen LogP contribution in [0.4, 0.5) is 0 Å². The number of hydrogen-bond acceptors (Lipinski definition) is 3. The van der Waals surface area contributed by atoms with Crippen molar-refractivity contribution in [2.75, 3.05) is 6.23 Å². The Kier molecular flexibility index (Phi) is 5.98. The van der Waals surface area contributed by atoms with Gasteiger partial charge in [-0.15, -0.1) is 0 Å². The summed E-state index contributed by atoms with van der Waals surface area (Å²) in [6, 6.07) is 22.0. The van der Waals surface area contributed by atoms with Crippen LogP contribution in [0, 0.1) is 13.8 Å². The van der Waals surface area contributed by atoms with Gasteiger partial charge in [0.1, 0.15) is 5.75 Å². The fourth-order valence-corrected chi connectivity index (χ4v) is 4.11. The van der Waals surface area contributed by atoms with E-state index in [0.717, 1.165) is 17.7 Å². The van der Waals surface area contributed by atoms with Gasteiger partial charge in [-0.1, -0.05) is 47.7 Å². The van der Waals surface area contributed by atoms with E-state index in [1.807, 2.05) is 48.5 Å². The van der Waals surface area contributed by atoms with E-state index in [9.17, 15) is 0 Å². The van der Waals surface area contributed by atoms with Crippen LogP contribution in [0.1, 0.15) is 16.8 Å². The van der Waals surface area contributed by atoms with E-state index in [4.69, 9.17) is 9.47 Å². The van der Waals surface area contributed by atoms with Crippen molar-refractivity contribution in [2.45, 2.75) is 20.5 Å². The Bertz CT molecular complexity index is 821. The molecule has 0 fully saturated rings. The van der Waals surface area contributed by atoms with Crippen molar-refractivity contribution in [1.29, 1.82) is 0 Å². The molecule has 3 aromatic rings. The highest BCUT2D eigenvalue weighted by atomic mass is 28.2. The Labute approximate surface area is 151 Å². The standard InChI is InChI=1S/C21H23NO2Si/c1-16-8-6-12-20(17(16)2)25-15-23-14-18-9-7-13-21(22-18)24-19-10-4-3-5-11-19/h3-13H,14-15,25H2,1-2H3. The fraction of sp³-hybridized carbons (Fsp3) is 0.190. The second kappa shape index (κ2) is 8.60. The maximum Gasteiger partial charge on any atom is 0.219 e. The average Bonchev–Trinajstić information content (AvgIpc) is 2.63. The zero-order valence-corrected chi connectivity index (χ0v) is 16.2. The molecule has 0 saturated heterocycles. The van der Waals surface area contributed by atoms with Crippen LogP contribution in [-0.2, 0) is 11.3 Å².